The highest BCUT2D eigenvalue weighted by Gasteiger charge is 2.23. The van der Waals surface area contributed by atoms with Gasteiger partial charge in [-0.1, -0.05) is 19.9 Å². The Labute approximate surface area is 143 Å². The van der Waals surface area contributed by atoms with Crippen LogP contribution in [0, 0.1) is 5.92 Å². The fourth-order valence-electron chi connectivity index (χ4n) is 3.33. The van der Waals surface area contributed by atoms with Crippen molar-refractivity contribution in [1.29, 1.82) is 0 Å². The second-order valence-electron chi connectivity index (χ2n) is 6.90. The summed E-state index contributed by atoms with van der Waals surface area (Å²) in [5.41, 5.74) is 1.13. The molecule has 1 amide bonds. The van der Waals surface area contributed by atoms with Crippen molar-refractivity contribution in [3.63, 3.8) is 0 Å². The molecule has 3 rings (SSSR count). The molecule has 5 heteroatoms. The molecule has 1 aromatic rings. The van der Waals surface area contributed by atoms with Crippen LogP contribution in [0.1, 0.15) is 44.6 Å². The lowest BCUT2D eigenvalue weighted by Gasteiger charge is -2.24. The molecular formula is C19H27NO4. The summed E-state index contributed by atoms with van der Waals surface area (Å²) in [5.74, 6) is 2.17. The average Bonchev–Trinajstić information content (AvgIpc) is 3.10. The van der Waals surface area contributed by atoms with E-state index in [1.165, 1.54) is 0 Å². The quantitative estimate of drug-likeness (QED) is 0.870. The first kappa shape index (κ1) is 17.1. The van der Waals surface area contributed by atoms with Crippen LogP contribution in [0.4, 0.5) is 0 Å². The van der Waals surface area contributed by atoms with Crippen LogP contribution in [-0.2, 0) is 9.53 Å². The highest BCUT2D eigenvalue weighted by Crippen LogP contribution is 2.36. The van der Waals surface area contributed by atoms with Gasteiger partial charge in [0, 0.05) is 19.6 Å². The molecule has 1 N–H and O–H groups in total. The van der Waals surface area contributed by atoms with E-state index in [4.69, 9.17) is 14.2 Å². The molecule has 24 heavy (non-hydrogen) atoms. The average molecular weight is 333 g/mol. The number of fused-ring (bicyclic) bond motifs is 1. The van der Waals surface area contributed by atoms with Crippen molar-refractivity contribution in [2.45, 2.75) is 45.1 Å². The van der Waals surface area contributed by atoms with Crippen LogP contribution in [0.2, 0.25) is 0 Å². The topological polar surface area (TPSA) is 56.8 Å². The zero-order valence-corrected chi connectivity index (χ0v) is 14.5. The van der Waals surface area contributed by atoms with E-state index in [0.717, 1.165) is 36.5 Å². The molecule has 2 unspecified atom stereocenters. The molecular weight excluding hydrogens is 306 g/mol. The maximum atomic E-state index is 12.4. The van der Waals surface area contributed by atoms with Gasteiger partial charge in [0.05, 0.1) is 6.10 Å². The molecule has 1 saturated heterocycles. The van der Waals surface area contributed by atoms with Crippen molar-refractivity contribution >= 4 is 5.91 Å². The normalized spacial score (nSPS) is 20.9. The molecule has 0 bridgehead atoms. The number of amides is 1. The van der Waals surface area contributed by atoms with E-state index >= 15 is 0 Å². The Kier molecular flexibility index (Phi) is 5.61. The second kappa shape index (κ2) is 7.88. The fraction of sp³-hybridized carbons (Fsp3) is 0.632. The van der Waals surface area contributed by atoms with Crippen LogP contribution in [0.5, 0.6) is 11.5 Å². The van der Waals surface area contributed by atoms with Crippen molar-refractivity contribution in [2.75, 3.05) is 26.4 Å². The molecule has 2 atom stereocenters. The smallest absolute Gasteiger partial charge is 0.220 e. The van der Waals surface area contributed by atoms with E-state index in [2.05, 4.69) is 19.2 Å². The molecule has 1 aromatic carbocycles. The van der Waals surface area contributed by atoms with E-state index in [1.807, 2.05) is 18.2 Å². The van der Waals surface area contributed by atoms with Crippen LogP contribution in [-0.4, -0.2) is 38.4 Å². The summed E-state index contributed by atoms with van der Waals surface area (Å²) in [6, 6.07) is 6.02. The van der Waals surface area contributed by atoms with Gasteiger partial charge in [0.15, 0.2) is 11.5 Å². The summed E-state index contributed by atoms with van der Waals surface area (Å²) in [5, 5.41) is 3.02. The van der Waals surface area contributed by atoms with Gasteiger partial charge in [0.2, 0.25) is 5.91 Å². The van der Waals surface area contributed by atoms with Gasteiger partial charge in [0.25, 0.3) is 0 Å². The summed E-state index contributed by atoms with van der Waals surface area (Å²) in [7, 11) is 0. The summed E-state index contributed by atoms with van der Waals surface area (Å²) in [4.78, 5) is 12.4. The molecule has 132 valence electrons. The maximum Gasteiger partial charge on any atom is 0.220 e. The van der Waals surface area contributed by atoms with Gasteiger partial charge in [-0.15, -0.1) is 0 Å². The van der Waals surface area contributed by atoms with E-state index in [1.54, 1.807) is 0 Å². The van der Waals surface area contributed by atoms with Gasteiger partial charge < -0.3 is 19.5 Å². The van der Waals surface area contributed by atoms with Crippen LogP contribution < -0.4 is 14.8 Å². The number of carbonyl (C=O) groups is 1. The fourth-order valence-corrected chi connectivity index (χ4v) is 3.33. The predicted molar refractivity (Wildman–Crippen MR) is 91.6 cm³/mol. The number of carbonyl (C=O) groups excluding carboxylic acids is 1. The first-order chi connectivity index (χ1) is 11.6. The Morgan fingerprint density at radius 2 is 2.00 bits per heavy atom. The lowest BCUT2D eigenvalue weighted by molar-refractivity contribution is -0.122. The maximum absolute atomic E-state index is 12.4. The van der Waals surface area contributed by atoms with Crippen molar-refractivity contribution in [3.8, 4) is 11.5 Å². The number of nitrogens with one attached hydrogen (secondary N) is 1. The zero-order valence-electron chi connectivity index (χ0n) is 14.5. The minimum absolute atomic E-state index is 0.0825. The van der Waals surface area contributed by atoms with Crippen LogP contribution in [0.25, 0.3) is 0 Å². The molecule has 2 aliphatic heterocycles. The van der Waals surface area contributed by atoms with Crippen LogP contribution >= 0.6 is 0 Å². The molecule has 0 aliphatic carbocycles. The minimum atomic E-state index is 0.0825. The van der Waals surface area contributed by atoms with Crippen molar-refractivity contribution < 1.29 is 19.0 Å². The molecule has 0 saturated carbocycles. The van der Waals surface area contributed by atoms with Gasteiger partial charge in [0.1, 0.15) is 13.2 Å². The van der Waals surface area contributed by atoms with E-state index in [-0.39, 0.29) is 17.9 Å². The largest absolute Gasteiger partial charge is 0.486 e. The molecule has 0 radical (unpaired) electrons. The monoisotopic (exact) mass is 333 g/mol. The third-order valence-electron chi connectivity index (χ3n) is 4.76. The Hall–Kier alpha value is -1.75. The van der Waals surface area contributed by atoms with Crippen LogP contribution in [0.3, 0.4) is 0 Å². The number of hydrogen-bond donors (Lipinski definition) is 1. The Bertz CT molecular complexity index is 566. The lowest BCUT2D eigenvalue weighted by atomic mass is 9.85. The molecule has 2 aliphatic rings. The first-order valence-corrected chi connectivity index (χ1v) is 8.91. The van der Waals surface area contributed by atoms with Crippen LogP contribution in [0.15, 0.2) is 18.2 Å². The Morgan fingerprint density at radius 1 is 1.21 bits per heavy atom. The summed E-state index contributed by atoms with van der Waals surface area (Å²) in [6.07, 6.45) is 2.78. The van der Waals surface area contributed by atoms with Gasteiger partial charge in [-0.3, -0.25) is 4.79 Å². The second-order valence-corrected chi connectivity index (χ2v) is 6.90. The van der Waals surface area contributed by atoms with E-state index in [9.17, 15) is 4.79 Å². The summed E-state index contributed by atoms with van der Waals surface area (Å²) < 4.78 is 16.8. The van der Waals surface area contributed by atoms with Crippen molar-refractivity contribution in [3.05, 3.63) is 23.8 Å². The highest BCUT2D eigenvalue weighted by molar-refractivity contribution is 5.77. The molecule has 1 fully saturated rings. The standard InChI is InChI=1S/C19H27NO4/c1-13(2)16(11-19(21)20-12-15-4-3-7-22-15)14-5-6-17-18(10-14)24-9-8-23-17/h5-6,10,13,15-16H,3-4,7-9,11-12H2,1-2H3,(H,20,21). The Balaban J connectivity index is 1.62. The first-order valence-electron chi connectivity index (χ1n) is 8.91. The summed E-state index contributed by atoms with van der Waals surface area (Å²) in [6.45, 7) is 6.89. The summed E-state index contributed by atoms with van der Waals surface area (Å²) >= 11 is 0. The zero-order chi connectivity index (χ0) is 16.9. The van der Waals surface area contributed by atoms with Crippen molar-refractivity contribution in [2.24, 2.45) is 5.92 Å². The molecule has 5 nitrogen and oxygen atoms in total. The third kappa shape index (κ3) is 4.20. The number of hydrogen-bond acceptors (Lipinski definition) is 4. The van der Waals surface area contributed by atoms with E-state index in [0.29, 0.717) is 32.1 Å². The third-order valence-corrected chi connectivity index (χ3v) is 4.76. The highest BCUT2D eigenvalue weighted by atomic mass is 16.6. The SMILES string of the molecule is CC(C)C(CC(=O)NCC1CCCO1)c1ccc2c(c1)OCCO2. The van der Waals surface area contributed by atoms with Gasteiger partial charge in [-0.05, 0) is 42.4 Å². The lowest BCUT2D eigenvalue weighted by Crippen LogP contribution is -2.33. The molecule has 2 heterocycles. The number of rotatable bonds is 6. The molecule has 0 aromatic heterocycles. The molecule has 0 spiro atoms. The van der Waals surface area contributed by atoms with Gasteiger partial charge in [-0.2, -0.15) is 0 Å². The number of ether oxygens (including phenoxy) is 3. The van der Waals surface area contributed by atoms with Gasteiger partial charge in [-0.25, -0.2) is 0 Å². The predicted octanol–water partition coefficient (Wildman–Crippen LogP) is 2.88. The minimum Gasteiger partial charge on any atom is -0.486 e. The Morgan fingerprint density at radius 3 is 2.71 bits per heavy atom. The van der Waals surface area contributed by atoms with Gasteiger partial charge >= 0.3 is 0 Å². The van der Waals surface area contributed by atoms with Crippen molar-refractivity contribution in [1.82, 2.24) is 5.32 Å². The number of benzene rings is 1. The van der Waals surface area contributed by atoms with E-state index < -0.39 is 0 Å².